The van der Waals surface area contributed by atoms with Gasteiger partial charge in [-0.2, -0.15) is 0 Å². The number of hydrogen-bond donors (Lipinski definition) is 4. The van der Waals surface area contributed by atoms with Crippen LogP contribution in [0.5, 0.6) is 0 Å². The topological polar surface area (TPSA) is 231 Å². The Balaban J connectivity index is 4.60. The molecule has 728 valence electrons. The van der Waals surface area contributed by atoms with Crippen molar-refractivity contribution in [2.45, 2.75) is 450 Å². The second kappa shape index (κ2) is 99.7. The Kier molecular flexibility index (Phi) is 95.5. The number of hydrogen-bond acceptors (Lipinski definition) is 14. The van der Waals surface area contributed by atoms with E-state index in [1.165, 1.54) is 205 Å². The second-order valence-corrected chi connectivity index (χ2v) is 36.8. The van der Waals surface area contributed by atoms with Gasteiger partial charge in [0.25, 0.3) is 0 Å². The Morgan fingerprint density at radius 3 is 0.661 bits per heavy atom. The first kappa shape index (κ1) is 122. The number of carbonyl (C=O) groups is 3. The van der Waals surface area contributed by atoms with Crippen molar-refractivity contribution in [2.24, 2.45) is 0 Å². The molecule has 0 bridgehead atoms. The fourth-order valence-electron chi connectivity index (χ4n) is 13.9. The maximum absolute atomic E-state index is 13.1. The third kappa shape index (κ3) is 101. The smallest absolute Gasteiger partial charge is 0.463 e. The van der Waals surface area contributed by atoms with E-state index in [0.717, 1.165) is 167 Å². The average molecular weight is 1810 g/mol. The fourth-order valence-corrected chi connectivity index (χ4v) is 15.5. The van der Waals surface area contributed by atoms with Crippen molar-refractivity contribution in [3.05, 3.63) is 182 Å². The SMILES string of the molecule is CC/C=C\C/C=C\C/C=C\C/C=C\C/C=C\C/C=C\CCCCCCCCCCCCCCCCC(=O)OCC(O)COP(=O)(O)OCC(O)COP(=O)(O)OCC(COC(=O)CCCCCCCCCCCCCCCCCCC/C=C\C/C=C\C/C=C\C/C=C\C/C=C\CC)OC(=O)CCCCCCCCCCC/C=C\C/C=C\C/C=C\C/C=C\CCCCC. The molecule has 127 heavy (non-hydrogen) atoms. The first-order valence-electron chi connectivity index (χ1n) is 51.1. The summed E-state index contributed by atoms with van der Waals surface area (Å²) in [5.74, 6) is -1.57. The summed E-state index contributed by atoms with van der Waals surface area (Å²) in [4.78, 5) is 59.2. The van der Waals surface area contributed by atoms with Crippen molar-refractivity contribution in [3.8, 4) is 0 Å². The molecule has 0 aromatic rings. The van der Waals surface area contributed by atoms with Gasteiger partial charge in [-0.05, 0) is 161 Å². The molecule has 0 rings (SSSR count). The highest BCUT2D eigenvalue weighted by atomic mass is 31.2. The summed E-state index contributed by atoms with van der Waals surface area (Å²) in [6.45, 7) is 2.49. The van der Waals surface area contributed by atoms with Crippen molar-refractivity contribution in [1.82, 2.24) is 0 Å². The lowest BCUT2D eigenvalue weighted by Gasteiger charge is -2.21. The Morgan fingerprint density at radius 2 is 0.417 bits per heavy atom. The van der Waals surface area contributed by atoms with Gasteiger partial charge in [-0.15, -0.1) is 0 Å². The molecule has 0 aromatic heterocycles. The lowest BCUT2D eigenvalue weighted by atomic mass is 10.0. The number of allylic oxidation sites excluding steroid dienone is 30. The van der Waals surface area contributed by atoms with E-state index in [9.17, 15) is 43.5 Å². The molecule has 0 heterocycles. The first-order chi connectivity index (χ1) is 62.2. The number of phosphoric ester groups is 2. The first-order valence-corrected chi connectivity index (χ1v) is 54.1. The second-order valence-electron chi connectivity index (χ2n) is 33.9. The van der Waals surface area contributed by atoms with Crippen LogP contribution in [-0.2, 0) is 55.8 Å². The van der Waals surface area contributed by atoms with Gasteiger partial charge in [0.15, 0.2) is 6.10 Å². The van der Waals surface area contributed by atoms with E-state index in [2.05, 4.69) is 203 Å². The Morgan fingerprint density at radius 1 is 0.228 bits per heavy atom. The van der Waals surface area contributed by atoms with Gasteiger partial charge in [-0.1, -0.05) is 434 Å². The molecule has 0 aliphatic heterocycles. The molecule has 4 N–H and O–H groups in total. The Hall–Kier alpha value is -5.35. The highest BCUT2D eigenvalue weighted by molar-refractivity contribution is 7.47. The molecule has 0 saturated heterocycles. The average Bonchev–Trinajstić information content (AvgIpc) is 0.899. The van der Waals surface area contributed by atoms with Gasteiger partial charge in [0, 0.05) is 19.3 Å². The van der Waals surface area contributed by atoms with Crippen molar-refractivity contribution in [2.75, 3.05) is 39.6 Å². The number of unbranched alkanes of at least 4 members (excludes halogenated alkanes) is 43. The Labute approximate surface area is 776 Å². The van der Waals surface area contributed by atoms with E-state index in [-0.39, 0.29) is 19.3 Å². The zero-order chi connectivity index (χ0) is 92.1. The summed E-state index contributed by atoms with van der Waals surface area (Å²) in [5.41, 5.74) is 0. The molecule has 5 unspecified atom stereocenters. The van der Waals surface area contributed by atoms with E-state index in [0.29, 0.717) is 19.3 Å². The van der Waals surface area contributed by atoms with Crippen LogP contribution in [-0.4, -0.2) is 95.9 Å². The lowest BCUT2D eigenvalue weighted by Crippen LogP contribution is -2.30. The van der Waals surface area contributed by atoms with E-state index >= 15 is 0 Å². The Bertz CT molecular complexity index is 3040. The summed E-state index contributed by atoms with van der Waals surface area (Å²) < 4.78 is 61.7. The molecule has 0 aliphatic carbocycles. The standard InChI is InChI=1S/C109H186O16P2/c1-4-7-10-13-16-19-22-25-28-31-34-37-40-43-45-47-49-51-53-55-57-60-62-65-68-71-74-77-80-83-86-89-92-95-107(112)119-98-104(110)99-121-126(115,116)122-100-105(111)101-123-127(117,118)124-103-106(125-109(114)97-94-91-88-85-82-79-76-73-70-67-64-59-42-39-36-33-30-27-24-21-18-15-12-9-6-3)102-120-108(113)96-93-90-87-84-81-78-75-72-69-66-63-61-58-56-54-52-50-48-46-44-41-38-35-32-29-26-23-20-17-14-11-8-5-2/h7-8,10-11,16-21,25-30,34-39,43-46,49,51,59,64,104-106,110-111H,4-6,9,12-15,22-24,31-33,40-42,47-48,50,52-58,60-63,65-103H2,1-3H3,(H,115,116)(H,117,118)/b10-7-,11-8-,19-16-,20-17-,21-18-,28-25-,29-26-,30-27-,37-34-,38-35-,39-36-,45-43-,46-44-,51-49-,64-59-. The summed E-state index contributed by atoms with van der Waals surface area (Å²) in [6, 6.07) is 0. The predicted molar refractivity (Wildman–Crippen MR) is 537 cm³/mol. The van der Waals surface area contributed by atoms with Crippen LogP contribution in [0.1, 0.15) is 432 Å². The van der Waals surface area contributed by atoms with Crippen LogP contribution in [0.4, 0.5) is 0 Å². The molecule has 0 saturated carbocycles. The maximum atomic E-state index is 13.1. The highest BCUT2D eigenvalue weighted by Gasteiger charge is 2.30. The van der Waals surface area contributed by atoms with Crippen LogP contribution in [0.25, 0.3) is 0 Å². The van der Waals surface area contributed by atoms with Gasteiger partial charge in [0.05, 0.1) is 26.4 Å². The minimum atomic E-state index is -4.95. The molecule has 0 radical (unpaired) electrons. The molecule has 0 spiro atoms. The predicted octanol–water partition coefficient (Wildman–Crippen LogP) is 32.3. The number of aliphatic hydroxyl groups excluding tert-OH is 2. The molecular formula is C109H186O16P2. The van der Waals surface area contributed by atoms with Crippen molar-refractivity contribution < 1.29 is 75.8 Å². The molecule has 16 nitrogen and oxygen atoms in total. The van der Waals surface area contributed by atoms with Crippen LogP contribution < -0.4 is 0 Å². The van der Waals surface area contributed by atoms with E-state index in [1.807, 2.05) is 0 Å². The van der Waals surface area contributed by atoms with Gasteiger partial charge in [0.1, 0.15) is 25.4 Å². The summed E-state index contributed by atoms with van der Waals surface area (Å²) in [5, 5.41) is 20.8. The number of ether oxygens (including phenoxy) is 3. The zero-order valence-corrected chi connectivity index (χ0v) is 82.4. The van der Waals surface area contributed by atoms with Crippen LogP contribution in [0.2, 0.25) is 0 Å². The number of carbonyl (C=O) groups excluding carboxylic acids is 3. The largest absolute Gasteiger partial charge is 0.472 e. The van der Waals surface area contributed by atoms with Crippen LogP contribution in [0, 0.1) is 0 Å². The zero-order valence-electron chi connectivity index (χ0n) is 80.6. The molecular weight excluding hydrogens is 1630 g/mol. The van der Waals surface area contributed by atoms with E-state index < -0.39 is 91.5 Å². The molecule has 5 atom stereocenters. The normalized spacial score (nSPS) is 14.4. The summed E-state index contributed by atoms with van der Waals surface area (Å²) in [6.07, 6.45) is 132. The molecule has 18 heteroatoms. The van der Waals surface area contributed by atoms with Gasteiger partial charge < -0.3 is 34.2 Å². The molecule has 0 aromatic carbocycles. The molecule has 0 aliphatic rings. The number of esters is 3. The summed E-state index contributed by atoms with van der Waals surface area (Å²) in [7, 11) is -9.82. The van der Waals surface area contributed by atoms with Gasteiger partial charge in [0.2, 0.25) is 0 Å². The van der Waals surface area contributed by atoms with Crippen molar-refractivity contribution in [1.29, 1.82) is 0 Å². The van der Waals surface area contributed by atoms with Crippen LogP contribution in [0.3, 0.4) is 0 Å². The maximum Gasteiger partial charge on any atom is 0.472 e. The number of phosphoric acid groups is 2. The van der Waals surface area contributed by atoms with Crippen molar-refractivity contribution >= 4 is 33.6 Å². The van der Waals surface area contributed by atoms with Gasteiger partial charge >= 0.3 is 33.6 Å². The monoisotopic (exact) mass is 1810 g/mol. The van der Waals surface area contributed by atoms with E-state index in [4.69, 9.17) is 32.3 Å². The number of rotatable bonds is 96. The minimum absolute atomic E-state index is 0.0950. The highest BCUT2D eigenvalue weighted by Crippen LogP contribution is 2.45. The van der Waals surface area contributed by atoms with Gasteiger partial charge in [-0.3, -0.25) is 32.5 Å². The van der Waals surface area contributed by atoms with Crippen molar-refractivity contribution in [3.63, 3.8) is 0 Å². The third-order valence-corrected chi connectivity index (χ3v) is 23.5. The van der Waals surface area contributed by atoms with Crippen LogP contribution >= 0.6 is 15.6 Å². The molecule has 0 fully saturated rings. The number of aliphatic hydroxyl groups is 2. The lowest BCUT2D eigenvalue weighted by molar-refractivity contribution is -0.161. The summed E-state index contributed by atoms with van der Waals surface area (Å²) >= 11 is 0. The minimum Gasteiger partial charge on any atom is -0.463 e. The van der Waals surface area contributed by atoms with Gasteiger partial charge in [-0.25, -0.2) is 9.13 Å². The van der Waals surface area contributed by atoms with Crippen LogP contribution in [0.15, 0.2) is 182 Å². The molecule has 0 amide bonds. The van der Waals surface area contributed by atoms with E-state index in [1.54, 1.807) is 0 Å². The fraction of sp³-hybridized carbons (Fsp3) is 0.697. The quantitative estimate of drug-likeness (QED) is 0.0146. The third-order valence-electron chi connectivity index (χ3n) is 21.6.